The van der Waals surface area contributed by atoms with Crippen LogP contribution in [0.25, 0.3) is 0 Å². The molecule has 1 aliphatic carbocycles. The Hall–Kier alpha value is -2.26. The fourth-order valence-electron chi connectivity index (χ4n) is 4.62. The normalized spacial score (nSPS) is 22.4. The molecule has 0 saturated carbocycles. The molecule has 142 valence electrons. The second-order valence-corrected chi connectivity index (χ2v) is 15.1. The van der Waals surface area contributed by atoms with Crippen molar-refractivity contribution in [2.75, 3.05) is 5.90 Å². The standard InChI is InChI=1S/C27H26P2/c1-5-13-24(14-6-1)28(25-15-7-2-8-16-25)21-22-29(23-28,26-17-9-3-10-18-26)27-19-11-4-12-20-27/h1-3,5-11,13-22H,4,12,23H2/q+2. The topological polar surface area (TPSA) is 0 Å². The molecule has 0 nitrogen and oxygen atoms in total. The van der Waals surface area contributed by atoms with Crippen LogP contribution in [0.2, 0.25) is 0 Å². The largest absolute Gasteiger partial charge is 0.187 e. The van der Waals surface area contributed by atoms with E-state index < -0.39 is 14.5 Å². The lowest BCUT2D eigenvalue weighted by Gasteiger charge is -2.26. The molecule has 1 unspecified atom stereocenters. The Bertz CT molecular complexity index is 1030. The van der Waals surface area contributed by atoms with Crippen molar-refractivity contribution in [3.63, 3.8) is 0 Å². The van der Waals surface area contributed by atoms with Crippen LogP contribution in [0.15, 0.2) is 126 Å². The van der Waals surface area contributed by atoms with Crippen LogP contribution < -0.4 is 15.9 Å². The highest BCUT2D eigenvalue weighted by molar-refractivity contribution is 8.08. The molecule has 1 atom stereocenters. The molecule has 0 radical (unpaired) electrons. The van der Waals surface area contributed by atoms with Gasteiger partial charge in [0.25, 0.3) is 0 Å². The van der Waals surface area contributed by atoms with Crippen LogP contribution in [-0.4, -0.2) is 5.90 Å². The zero-order valence-corrected chi connectivity index (χ0v) is 18.4. The van der Waals surface area contributed by atoms with Gasteiger partial charge in [0.2, 0.25) is 0 Å². The number of allylic oxidation sites excluding steroid dienone is 4. The summed E-state index contributed by atoms with van der Waals surface area (Å²) in [6, 6.07) is 33.8. The maximum absolute atomic E-state index is 2.64. The minimum Gasteiger partial charge on any atom is -0.0803 e. The van der Waals surface area contributed by atoms with Gasteiger partial charge >= 0.3 is 0 Å². The molecular weight excluding hydrogens is 386 g/mol. The van der Waals surface area contributed by atoms with E-state index in [1.807, 2.05) is 0 Å². The van der Waals surface area contributed by atoms with Gasteiger partial charge < -0.3 is 0 Å². The minimum absolute atomic E-state index is 1.16. The zero-order valence-electron chi connectivity index (χ0n) is 16.6. The summed E-state index contributed by atoms with van der Waals surface area (Å²) in [5, 5.41) is 6.09. The van der Waals surface area contributed by atoms with E-state index in [-0.39, 0.29) is 0 Å². The Labute approximate surface area is 175 Å². The van der Waals surface area contributed by atoms with Crippen LogP contribution in [-0.2, 0) is 0 Å². The summed E-state index contributed by atoms with van der Waals surface area (Å²) in [7, 11) is -3.20. The highest BCUT2D eigenvalue weighted by Gasteiger charge is 2.61. The van der Waals surface area contributed by atoms with Crippen molar-refractivity contribution in [2.45, 2.75) is 12.8 Å². The SMILES string of the molecule is C1=CC([P+]2(c3ccccc3)C=C[P+](c3ccccc3)(c3ccccc3)C2)=CCC1. The van der Waals surface area contributed by atoms with E-state index in [1.54, 1.807) is 5.31 Å². The molecule has 3 aromatic rings. The van der Waals surface area contributed by atoms with Gasteiger partial charge in [0.1, 0.15) is 47.4 Å². The predicted octanol–water partition coefficient (Wildman–Crippen LogP) is 6.67. The molecule has 1 aliphatic heterocycles. The van der Waals surface area contributed by atoms with Crippen LogP contribution in [0.5, 0.6) is 0 Å². The summed E-state index contributed by atoms with van der Waals surface area (Å²) in [5.74, 6) is 6.49. The van der Waals surface area contributed by atoms with E-state index >= 15 is 0 Å². The van der Waals surface area contributed by atoms with Gasteiger partial charge in [0.15, 0.2) is 5.90 Å². The maximum Gasteiger partial charge on any atom is 0.187 e. The average Bonchev–Trinajstić information content (AvgIpc) is 3.25. The fourth-order valence-corrected chi connectivity index (χ4v) is 16.8. The molecule has 1 heterocycles. The molecule has 0 bridgehead atoms. The number of hydrogen-bond acceptors (Lipinski definition) is 0. The third-order valence-electron chi connectivity index (χ3n) is 6.11. The molecule has 2 heteroatoms. The molecule has 5 rings (SSSR count). The molecule has 0 fully saturated rings. The monoisotopic (exact) mass is 412 g/mol. The Morgan fingerprint density at radius 1 is 0.517 bits per heavy atom. The summed E-state index contributed by atoms with van der Waals surface area (Å²) < 4.78 is 0. The molecule has 0 saturated heterocycles. The molecule has 0 amide bonds. The van der Waals surface area contributed by atoms with Crippen molar-refractivity contribution in [1.29, 1.82) is 0 Å². The minimum atomic E-state index is -1.61. The smallest absolute Gasteiger partial charge is 0.0803 e. The first-order valence-electron chi connectivity index (χ1n) is 10.3. The van der Waals surface area contributed by atoms with Crippen molar-refractivity contribution < 1.29 is 0 Å². The van der Waals surface area contributed by atoms with Gasteiger partial charge in [-0.1, -0.05) is 60.7 Å². The summed E-state index contributed by atoms with van der Waals surface area (Å²) in [6.45, 7) is 0. The third kappa shape index (κ3) is 3.26. The number of rotatable bonds is 4. The Balaban J connectivity index is 1.72. The van der Waals surface area contributed by atoms with Gasteiger partial charge in [-0.25, -0.2) is 0 Å². The molecule has 0 spiro atoms. The lowest BCUT2D eigenvalue weighted by molar-refractivity contribution is 1.03. The second kappa shape index (κ2) is 7.87. The Morgan fingerprint density at radius 3 is 1.48 bits per heavy atom. The number of benzene rings is 3. The van der Waals surface area contributed by atoms with E-state index in [0.717, 1.165) is 6.42 Å². The van der Waals surface area contributed by atoms with Gasteiger partial charge in [0, 0.05) is 0 Å². The van der Waals surface area contributed by atoms with E-state index in [9.17, 15) is 0 Å². The lowest BCUT2D eigenvalue weighted by Crippen LogP contribution is -2.24. The Morgan fingerprint density at radius 2 is 1.00 bits per heavy atom. The van der Waals surface area contributed by atoms with Crippen LogP contribution in [0.4, 0.5) is 0 Å². The van der Waals surface area contributed by atoms with Crippen molar-refractivity contribution in [1.82, 2.24) is 0 Å². The third-order valence-corrected chi connectivity index (χ3v) is 16.1. The lowest BCUT2D eigenvalue weighted by atomic mass is 10.2. The van der Waals surface area contributed by atoms with Crippen LogP contribution in [0.3, 0.4) is 0 Å². The van der Waals surface area contributed by atoms with E-state index in [4.69, 9.17) is 0 Å². The van der Waals surface area contributed by atoms with Crippen LogP contribution in [0, 0.1) is 0 Å². The first-order chi connectivity index (χ1) is 14.3. The summed E-state index contributed by atoms with van der Waals surface area (Å²) in [6.07, 6.45) is 9.64. The van der Waals surface area contributed by atoms with E-state index in [2.05, 4.69) is 121 Å². The first-order valence-corrected chi connectivity index (χ1v) is 14.4. The van der Waals surface area contributed by atoms with Crippen molar-refractivity contribution in [2.24, 2.45) is 0 Å². The number of hydrogen-bond donors (Lipinski definition) is 0. The average molecular weight is 412 g/mol. The van der Waals surface area contributed by atoms with Crippen molar-refractivity contribution in [3.05, 3.63) is 126 Å². The summed E-state index contributed by atoms with van der Waals surface area (Å²) in [5.41, 5.74) is 0. The van der Waals surface area contributed by atoms with Crippen molar-refractivity contribution in [3.8, 4) is 0 Å². The highest BCUT2D eigenvalue weighted by atomic mass is 31.2. The van der Waals surface area contributed by atoms with Crippen LogP contribution in [0.1, 0.15) is 12.8 Å². The van der Waals surface area contributed by atoms with Gasteiger partial charge in [-0.15, -0.1) is 0 Å². The molecule has 29 heavy (non-hydrogen) atoms. The van der Waals surface area contributed by atoms with E-state index in [1.165, 1.54) is 28.2 Å². The molecular formula is C27H26P2+2. The van der Waals surface area contributed by atoms with E-state index in [0.29, 0.717) is 0 Å². The zero-order chi connectivity index (χ0) is 19.6. The van der Waals surface area contributed by atoms with Gasteiger partial charge in [-0.05, 0) is 61.4 Å². The first kappa shape index (κ1) is 18.7. The maximum atomic E-state index is 2.64. The van der Waals surface area contributed by atoms with Gasteiger partial charge in [-0.2, -0.15) is 0 Å². The van der Waals surface area contributed by atoms with Gasteiger partial charge in [0.05, 0.1) is 0 Å². The van der Waals surface area contributed by atoms with Crippen LogP contribution >= 0.6 is 14.5 Å². The summed E-state index contributed by atoms with van der Waals surface area (Å²) >= 11 is 0. The Kier molecular flexibility index (Phi) is 5.09. The quantitative estimate of drug-likeness (QED) is 0.420. The highest BCUT2D eigenvalue weighted by Crippen LogP contribution is 2.83. The molecule has 3 aromatic carbocycles. The second-order valence-electron chi connectivity index (χ2n) is 7.79. The predicted molar refractivity (Wildman–Crippen MR) is 133 cm³/mol. The van der Waals surface area contributed by atoms with Gasteiger partial charge in [-0.3, -0.25) is 0 Å². The fraction of sp³-hybridized carbons (Fsp3) is 0.111. The summed E-state index contributed by atoms with van der Waals surface area (Å²) in [4.78, 5) is 0. The molecule has 2 aliphatic rings. The molecule has 0 aromatic heterocycles. The van der Waals surface area contributed by atoms with Crippen molar-refractivity contribution >= 4 is 30.4 Å². The molecule has 0 N–H and O–H groups in total.